The highest BCUT2D eigenvalue weighted by Gasteiger charge is 2.13. The molecule has 0 fully saturated rings. The molecule has 0 aliphatic heterocycles. The van der Waals surface area contributed by atoms with Gasteiger partial charge in [0.2, 0.25) is 11.8 Å². The molecule has 0 radical (unpaired) electrons. The quantitative estimate of drug-likeness (QED) is 0.382. The summed E-state index contributed by atoms with van der Waals surface area (Å²) in [6, 6.07) is -0.655. The Morgan fingerprint density at radius 1 is 1.28 bits per heavy atom. The molecule has 102 valence electrons. The van der Waals surface area contributed by atoms with E-state index in [1.807, 2.05) is 0 Å². The van der Waals surface area contributed by atoms with Crippen LogP contribution in [0.5, 0.6) is 0 Å². The first-order valence-electron chi connectivity index (χ1n) is 5.63. The van der Waals surface area contributed by atoms with Crippen LogP contribution in [-0.4, -0.2) is 29.9 Å². The van der Waals surface area contributed by atoms with Crippen LogP contribution in [0.4, 0.5) is 4.79 Å². The van der Waals surface area contributed by atoms with Gasteiger partial charge in [0.1, 0.15) is 6.17 Å². The van der Waals surface area contributed by atoms with E-state index in [9.17, 15) is 14.4 Å². The molecule has 7 heteroatoms. The van der Waals surface area contributed by atoms with Gasteiger partial charge in [0.25, 0.3) is 0 Å². The number of alkyl halides is 1. The van der Waals surface area contributed by atoms with E-state index in [1.54, 1.807) is 19.9 Å². The highest BCUT2D eigenvalue weighted by Crippen LogP contribution is 1.88. The van der Waals surface area contributed by atoms with Crippen molar-refractivity contribution in [1.29, 1.82) is 0 Å². The third-order valence-corrected chi connectivity index (χ3v) is 2.11. The average Bonchev–Trinajstić information content (AvgIpc) is 2.28. The predicted octanol–water partition coefficient (Wildman–Crippen LogP) is 0.869. The molecular weight excluding hydrogens is 258 g/mol. The van der Waals surface area contributed by atoms with Crippen molar-refractivity contribution < 1.29 is 14.4 Å². The molecule has 0 rings (SSSR count). The lowest BCUT2D eigenvalue weighted by Crippen LogP contribution is -2.51. The van der Waals surface area contributed by atoms with Crippen molar-refractivity contribution in [2.24, 2.45) is 0 Å². The molecule has 4 amide bonds. The fraction of sp³-hybridized carbons (Fsp3) is 0.545. The number of rotatable bonds is 6. The Hall–Kier alpha value is -1.56. The molecule has 0 aliphatic rings. The molecule has 0 spiro atoms. The second-order valence-electron chi connectivity index (χ2n) is 3.43. The smallest absolute Gasteiger partial charge is 0.323 e. The van der Waals surface area contributed by atoms with E-state index >= 15 is 0 Å². The monoisotopic (exact) mass is 275 g/mol. The number of hydrogen-bond donors (Lipinski definition) is 3. The predicted molar refractivity (Wildman–Crippen MR) is 69.0 cm³/mol. The highest BCUT2D eigenvalue weighted by atomic mass is 35.5. The Morgan fingerprint density at radius 2 is 1.94 bits per heavy atom. The van der Waals surface area contributed by atoms with Gasteiger partial charge in [-0.05, 0) is 19.4 Å². The number of carbonyl (C=O) groups is 3. The third-order valence-electron chi connectivity index (χ3n) is 1.92. The second-order valence-corrected chi connectivity index (χ2v) is 3.81. The summed E-state index contributed by atoms with van der Waals surface area (Å²) in [5.74, 6) is -0.622. The molecule has 0 saturated carbocycles. The molecular formula is C11H18ClN3O3. The minimum atomic E-state index is -0.655. The lowest BCUT2D eigenvalue weighted by molar-refractivity contribution is -0.119. The second kappa shape index (κ2) is 9.47. The highest BCUT2D eigenvalue weighted by molar-refractivity contribution is 6.19. The van der Waals surface area contributed by atoms with Crippen LogP contribution >= 0.6 is 11.6 Å². The van der Waals surface area contributed by atoms with Gasteiger partial charge < -0.3 is 10.6 Å². The molecule has 0 aromatic carbocycles. The van der Waals surface area contributed by atoms with E-state index in [0.29, 0.717) is 6.42 Å². The maximum absolute atomic E-state index is 11.4. The molecule has 0 saturated heterocycles. The molecule has 0 bridgehead atoms. The van der Waals surface area contributed by atoms with Gasteiger partial charge in [0.05, 0.1) is 0 Å². The van der Waals surface area contributed by atoms with Crippen LogP contribution in [-0.2, 0) is 9.59 Å². The van der Waals surface area contributed by atoms with Crippen molar-refractivity contribution in [1.82, 2.24) is 16.0 Å². The van der Waals surface area contributed by atoms with Gasteiger partial charge in [-0.2, -0.15) is 0 Å². The summed E-state index contributed by atoms with van der Waals surface area (Å²) in [6.07, 6.45) is 2.97. The van der Waals surface area contributed by atoms with Crippen molar-refractivity contribution in [3.05, 3.63) is 12.2 Å². The SMILES string of the molecule is CC=CC(=O)NC(CC)NC(=O)NC(=O)CCCl. The fourth-order valence-corrected chi connectivity index (χ4v) is 1.25. The molecule has 0 aromatic heterocycles. The molecule has 0 aliphatic carbocycles. The number of nitrogens with one attached hydrogen (secondary N) is 3. The van der Waals surface area contributed by atoms with Gasteiger partial charge in [-0.15, -0.1) is 11.6 Å². The van der Waals surface area contributed by atoms with E-state index in [-0.39, 0.29) is 18.2 Å². The van der Waals surface area contributed by atoms with Crippen LogP contribution in [0.1, 0.15) is 26.7 Å². The molecule has 6 nitrogen and oxygen atoms in total. The number of hydrogen-bond acceptors (Lipinski definition) is 3. The van der Waals surface area contributed by atoms with Crippen LogP contribution in [0.25, 0.3) is 0 Å². The van der Waals surface area contributed by atoms with Gasteiger partial charge in [-0.3, -0.25) is 14.9 Å². The first-order valence-corrected chi connectivity index (χ1v) is 6.16. The van der Waals surface area contributed by atoms with Crippen molar-refractivity contribution >= 4 is 29.4 Å². The molecule has 1 atom stereocenters. The van der Waals surface area contributed by atoms with Crippen LogP contribution in [0.15, 0.2) is 12.2 Å². The van der Waals surface area contributed by atoms with Crippen LogP contribution in [0.2, 0.25) is 0 Å². The zero-order valence-corrected chi connectivity index (χ0v) is 11.2. The van der Waals surface area contributed by atoms with E-state index in [2.05, 4.69) is 16.0 Å². The molecule has 0 aromatic rings. The maximum Gasteiger partial charge on any atom is 0.323 e. The number of imide groups is 1. The van der Waals surface area contributed by atoms with Gasteiger partial charge in [0.15, 0.2) is 0 Å². The van der Waals surface area contributed by atoms with Crippen molar-refractivity contribution in [3.63, 3.8) is 0 Å². The number of allylic oxidation sites excluding steroid dienone is 1. The Morgan fingerprint density at radius 3 is 2.44 bits per heavy atom. The molecule has 1 unspecified atom stereocenters. The van der Waals surface area contributed by atoms with Crippen molar-refractivity contribution in [2.45, 2.75) is 32.9 Å². The minimum Gasteiger partial charge on any atom is -0.332 e. The summed E-state index contributed by atoms with van der Waals surface area (Å²) in [4.78, 5) is 33.7. The number of halogens is 1. The fourth-order valence-electron chi connectivity index (χ4n) is 1.08. The first-order chi connectivity index (χ1) is 8.53. The summed E-state index contributed by atoms with van der Waals surface area (Å²) in [7, 11) is 0. The van der Waals surface area contributed by atoms with E-state index in [4.69, 9.17) is 11.6 Å². The summed E-state index contributed by atoms with van der Waals surface area (Å²) < 4.78 is 0. The Balaban J connectivity index is 4.15. The molecule has 0 heterocycles. The van der Waals surface area contributed by atoms with Gasteiger partial charge >= 0.3 is 6.03 Å². The maximum atomic E-state index is 11.4. The largest absolute Gasteiger partial charge is 0.332 e. The Labute approximate surface area is 111 Å². The minimum absolute atomic E-state index is 0.0662. The zero-order valence-electron chi connectivity index (χ0n) is 10.5. The molecule has 3 N–H and O–H groups in total. The van der Waals surface area contributed by atoms with Crippen molar-refractivity contribution in [2.75, 3.05) is 5.88 Å². The lowest BCUT2D eigenvalue weighted by Gasteiger charge is -2.17. The van der Waals surface area contributed by atoms with E-state index < -0.39 is 18.1 Å². The third kappa shape index (κ3) is 7.67. The standard InChI is InChI=1S/C11H18ClN3O3/c1-3-5-9(16)13-8(4-2)14-11(18)15-10(17)6-7-12/h3,5,8H,4,6-7H2,1-2H3,(H,13,16)(H2,14,15,17,18). The number of carbonyl (C=O) groups excluding carboxylic acids is 3. The Kier molecular flexibility index (Phi) is 8.65. The van der Waals surface area contributed by atoms with Gasteiger partial charge in [0, 0.05) is 12.3 Å². The normalized spacial score (nSPS) is 11.9. The summed E-state index contributed by atoms with van der Waals surface area (Å²) in [5.41, 5.74) is 0. The lowest BCUT2D eigenvalue weighted by atomic mass is 10.3. The van der Waals surface area contributed by atoms with Crippen molar-refractivity contribution in [3.8, 4) is 0 Å². The van der Waals surface area contributed by atoms with Crippen LogP contribution < -0.4 is 16.0 Å². The number of urea groups is 1. The number of amides is 4. The van der Waals surface area contributed by atoms with Gasteiger partial charge in [-0.25, -0.2) is 4.79 Å². The summed E-state index contributed by atoms with van der Waals surface area (Å²) in [5, 5.41) is 7.14. The summed E-state index contributed by atoms with van der Waals surface area (Å²) in [6.45, 7) is 3.51. The van der Waals surface area contributed by atoms with E-state index in [1.165, 1.54) is 6.08 Å². The summed E-state index contributed by atoms with van der Waals surface area (Å²) >= 11 is 5.36. The topological polar surface area (TPSA) is 87.3 Å². The average molecular weight is 276 g/mol. The van der Waals surface area contributed by atoms with Crippen LogP contribution in [0.3, 0.4) is 0 Å². The van der Waals surface area contributed by atoms with Crippen LogP contribution in [0, 0.1) is 0 Å². The van der Waals surface area contributed by atoms with E-state index in [0.717, 1.165) is 0 Å². The molecule has 18 heavy (non-hydrogen) atoms. The first kappa shape index (κ1) is 16.4. The Bertz CT molecular complexity index is 331. The van der Waals surface area contributed by atoms with Gasteiger partial charge in [-0.1, -0.05) is 13.0 Å². The zero-order chi connectivity index (χ0) is 14.0.